The summed E-state index contributed by atoms with van der Waals surface area (Å²) in [6.07, 6.45) is 6.02. The van der Waals surface area contributed by atoms with E-state index in [0.29, 0.717) is 5.78 Å². The van der Waals surface area contributed by atoms with Gasteiger partial charge in [-0.2, -0.15) is 0 Å². The maximum absolute atomic E-state index is 12.0. The summed E-state index contributed by atoms with van der Waals surface area (Å²) in [5.74, 6) is 1.46. The van der Waals surface area contributed by atoms with Crippen molar-refractivity contribution >= 4 is 5.78 Å². The van der Waals surface area contributed by atoms with Crippen molar-refractivity contribution in [2.75, 3.05) is 7.11 Å². The molecule has 1 aromatic carbocycles. The van der Waals surface area contributed by atoms with Gasteiger partial charge in [-0.25, -0.2) is 0 Å². The van der Waals surface area contributed by atoms with Crippen LogP contribution in [-0.4, -0.2) is 17.5 Å². The third kappa shape index (κ3) is 2.62. The summed E-state index contributed by atoms with van der Waals surface area (Å²) in [6.45, 7) is 2.80. The molecule has 1 aliphatic rings. The van der Waals surface area contributed by atoms with E-state index in [1.807, 2.05) is 35.2 Å². The quantitative estimate of drug-likeness (QED) is 0.778. The maximum atomic E-state index is 12.0. The molecule has 3 nitrogen and oxygen atoms in total. The van der Waals surface area contributed by atoms with Gasteiger partial charge >= 0.3 is 0 Å². The number of carbonyl (C=O) groups excluding carboxylic acids is 1. The number of methoxy groups -OCH3 is 1. The van der Waals surface area contributed by atoms with Crippen LogP contribution in [0.2, 0.25) is 0 Å². The second-order valence-electron chi connectivity index (χ2n) is 5.53. The third-order valence-corrected chi connectivity index (χ3v) is 3.77. The van der Waals surface area contributed by atoms with Gasteiger partial charge in [0.1, 0.15) is 5.75 Å². The minimum atomic E-state index is 0.277. The van der Waals surface area contributed by atoms with Gasteiger partial charge in [0.05, 0.1) is 13.7 Å². The Labute approximate surface area is 119 Å². The predicted molar refractivity (Wildman–Crippen MR) is 78.3 cm³/mol. The van der Waals surface area contributed by atoms with Gasteiger partial charge in [0.2, 0.25) is 0 Å². The highest BCUT2D eigenvalue weighted by molar-refractivity contribution is 5.99. The number of hydrogen-bond donors (Lipinski definition) is 0. The number of ether oxygens (including phenoxy) is 1. The van der Waals surface area contributed by atoms with Gasteiger partial charge in [-0.1, -0.05) is 17.7 Å². The highest BCUT2D eigenvalue weighted by atomic mass is 16.5. The zero-order valence-corrected chi connectivity index (χ0v) is 11.9. The molecular weight excluding hydrogens is 250 g/mol. The maximum Gasteiger partial charge on any atom is 0.167 e. The first-order valence-corrected chi connectivity index (χ1v) is 7.01. The van der Waals surface area contributed by atoms with Crippen LogP contribution < -0.4 is 4.74 Å². The molecule has 1 heterocycles. The van der Waals surface area contributed by atoms with E-state index in [0.717, 1.165) is 36.3 Å². The molecule has 0 saturated heterocycles. The van der Waals surface area contributed by atoms with Crippen molar-refractivity contribution in [3.05, 3.63) is 53.3 Å². The molecule has 0 N–H and O–H groups in total. The molecule has 0 radical (unpaired) electrons. The highest BCUT2D eigenvalue weighted by Crippen LogP contribution is 2.32. The molecule has 104 valence electrons. The van der Waals surface area contributed by atoms with E-state index >= 15 is 0 Å². The van der Waals surface area contributed by atoms with E-state index in [1.165, 1.54) is 5.56 Å². The lowest BCUT2D eigenvalue weighted by Gasteiger charge is -2.10. The van der Waals surface area contributed by atoms with Crippen LogP contribution in [0.5, 0.6) is 5.75 Å². The lowest BCUT2D eigenvalue weighted by Crippen LogP contribution is -2.02. The lowest BCUT2D eigenvalue weighted by molar-refractivity contribution is 0.0967. The van der Waals surface area contributed by atoms with Crippen molar-refractivity contribution in [2.45, 2.75) is 26.3 Å². The minimum absolute atomic E-state index is 0.277. The predicted octanol–water partition coefficient (Wildman–Crippen LogP) is 3.45. The number of aryl methyl sites for hydroxylation is 1. The fraction of sp³-hybridized carbons (Fsp3) is 0.353. The van der Waals surface area contributed by atoms with Gasteiger partial charge in [0.15, 0.2) is 5.78 Å². The summed E-state index contributed by atoms with van der Waals surface area (Å²) in [5, 5.41) is 0. The van der Waals surface area contributed by atoms with Crippen LogP contribution in [-0.2, 0) is 6.54 Å². The van der Waals surface area contributed by atoms with Crippen molar-refractivity contribution in [2.24, 2.45) is 5.92 Å². The third-order valence-electron chi connectivity index (χ3n) is 3.77. The first-order valence-electron chi connectivity index (χ1n) is 7.01. The fourth-order valence-electron chi connectivity index (χ4n) is 2.49. The molecule has 1 aromatic heterocycles. The number of aromatic nitrogens is 1. The van der Waals surface area contributed by atoms with Crippen molar-refractivity contribution in [1.82, 2.24) is 4.57 Å². The number of benzene rings is 1. The van der Waals surface area contributed by atoms with E-state index in [1.54, 1.807) is 7.11 Å². The van der Waals surface area contributed by atoms with Gasteiger partial charge in [-0.15, -0.1) is 0 Å². The number of hydrogen-bond acceptors (Lipinski definition) is 2. The lowest BCUT2D eigenvalue weighted by atomic mass is 10.1. The first-order chi connectivity index (χ1) is 9.67. The van der Waals surface area contributed by atoms with Crippen LogP contribution in [0.3, 0.4) is 0 Å². The van der Waals surface area contributed by atoms with Crippen molar-refractivity contribution < 1.29 is 9.53 Å². The SMILES string of the molecule is COc1ccc(C)cc1Cn1ccc(C(=O)C2CC2)c1. The van der Waals surface area contributed by atoms with Crippen LogP contribution in [0.15, 0.2) is 36.7 Å². The van der Waals surface area contributed by atoms with E-state index in [-0.39, 0.29) is 5.92 Å². The van der Waals surface area contributed by atoms with E-state index in [9.17, 15) is 4.79 Å². The highest BCUT2D eigenvalue weighted by Gasteiger charge is 2.30. The summed E-state index contributed by atoms with van der Waals surface area (Å²) in [6, 6.07) is 8.08. The largest absolute Gasteiger partial charge is 0.496 e. The van der Waals surface area contributed by atoms with E-state index in [2.05, 4.69) is 13.0 Å². The molecule has 3 rings (SSSR count). The second kappa shape index (κ2) is 5.16. The number of ketones is 1. The molecule has 0 spiro atoms. The Kier molecular flexibility index (Phi) is 3.35. The summed E-state index contributed by atoms with van der Waals surface area (Å²) in [4.78, 5) is 12.0. The Bertz CT molecular complexity index is 638. The summed E-state index contributed by atoms with van der Waals surface area (Å²) < 4.78 is 7.44. The number of nitrogens with zero attached hydrogens (tertiary/aromatic N) is 1. The molecule has 2 aromatic rings. The Balaban J connectivity index is 1.80. The van der Waals surface area contributed by atoms with Crippen LogP contribution in [0, 0.1) is 12.8 Å². The Morgan fingerprint density at radius 2 is 2.15 bits per heavy atom. The summed E-state index contributed by atoms with van der Waals surface area (Å²) in [5.41, 5.74) is 3.18. The topological polar surface area (TPSA) is 31.2 Å². The van der Waals surface area contributed by atoms with Crippen molar-refractivity contribution in [3.8, 4) is 5.75 Å². The van der Waals surface area contributed by atoms with Crippen LogP contribution in [0.1, 0.15) is 34.3 Å². The first kappa shape index (κ1) is 13.0. The van der Waals surface area contributed by atoms with Crippen LogP contribution in [0.4, 0.5) is 0 Å². The molecule has 1 saturated carbocycles. The van der Waals surface area contributed by atoms with Crippen molar-refractivity contribution in [3.63, 3.8) is 0 Å². The molecule has 1 fully saturated rings. The molecule has 0 atom stereocenters. The van der Waals surface area contributed by atoms with Gasteiger partial charge in [-0.05, 0) is 31.9 Å². The van der Waals surface area contributed by atoms with Gasteiger partial charge < -0.3 is 9.30 Å². The Morgan fingerprint density at radius 3 is 2.85 bits per heavy atom. The molecule has 0 aliphatic heterocycles. The minimum Gasteiger partial charge on any atom is -0.496 e. The zero-order valence-electron chi connectivity index (χ0n) is 11.9. The van der Waals surface area contributed by atoms with Crippen molar-refractivity contribution in [1.29, 1.82) is 0 Å². The van der Waals surface area contributed by atoms with Gasteiger partial charge in [0.25, 0.3) is 0 Å². The Morgan fingerprint density at radius 1 is 1.35 bits per heavy atom. The Hall–Kier alpha value is -2.03. The molecule has 3 heteroatoms. The molecule has 0 unspecified atom stereocenters. The average molecular weight is 269 g/mol. The zero-order chi connectivity index (χ0) is 14.1. The number of Topliss-reactive ketones (excluding diaryl/α,β-unsaturated/α-hetero) is 1. The average Bonchev–Trinajstić information content (AvgIpc) is 3.19. The van der Waals surface area contributed by atoms with Gasteiger partial charge in [-0.3, -0.25) is 4.79 Å². The molecule has 20 heavy (non-hydrogen) atoms. The monoisotopic (exact) mass is 269 g/mol. The molecule has 0 amide bonds. The van der Waals surface area contributed by atoms with E-state index in [4.69, 9.17) is 4.74 Å². The summed E-state index contributed by atoms with van der Waals surface area (Å²) >= 11 is 0. The van der Waals surface area contributed by atoms with Crippen LogP contribution in [0.25, 0.3) is 0 Å². The smallest absolute Gasteiger partial charge is 0.167 e. The molecule has 1 aliphatic carbocycles. The number of rotatable bonds is 5. The fourth-order valence-corrected chi connectivity index (χ4v) is 2.49. The summed E-state index contributed by atoms with van der Waals surface area (Å²) in [7, 11) is 1.69. The molecule has 0 bridgehead atoms. The standard InChI is InChI=1S/C17H19NO2/c1-12-3-6-16(20-2)15(9-12)11-18-8-7-14(10-18)17(19)13-4-5-13/h3,6-10,13H,4-5,11H2,1-2H3. The number of carbonyl (C=O) groups is 1. The normalized spacial score (nSPS) is 14.3. The molecular formula is C17H19NO2. The van der Waals surface area contributed by atoms with Crippen LogP contribution >= 0.6 is 0 Å². The van der Waals surface area contributed by atoms with E-state index < -0.39 is 0 Å². The second-order valence-corrected chi connectivity index (χ2v) is 5.53. The van der Waals surface area contributed by atoms with Gasteiger partial charge in [0, 0.05) is 29.4 Å².